The summed E-state index contributed by atoms with van der Waals surface area (Å²) in [6.07, 6.45) is 1.57. The Hall–Kier alpha value is -1.18. The first kappa shape index (κ1) is 16.2. The molecule has 5 nitrogen and oxygen atoms in total. The molecule has 2 N–H and O–H groups in total. The summed E-state index contributed by atoms with van der Waals surface area (Å²) in [4.78, 5) is 2.21. The van der Waals surface area contributed by atoms with Crippen molar-refractivity contribution >= 4 is 15.7 Å². The van der Waals surface area contributed by atoms with E-state index < -0.39 is 15.8 Å². The van der Waals surface area contributed by atoms with Gasteiger partial charge in [-0.2, -0.15) is 4.31 Å². The zero-order valence-electron chi connectivity index (χ0n) is 12.4. The number of piperidine rings is 1. The Balaban J connectivity index is 2.19. The molecule has 1 heterocycles. The first-order chi connectivity index (χ1) is 9.84. The van der Waals surface area contributed by atoms with Crippen LogP contribution in [0, 0.1) is 5.82 Å². The van der Waals surface area contributed by atoms with Crippen molar-refractivity contribution in [2.45, 2.75) is 30.7 Å². The molecule has 0 aromatic heterocycles. The fourth-order valence-electron chi connectivity index (χ4n) is 2.70. The SMILES string of the molecule is CCN1CCC(N(C)S(=O)(=O)c2cc(N)cc(F)c2)CC1. The summed E-state index contributed by atoms with van der Waals surface area (Å²) >= 11 is 0. The van der Waals surface area contributed by atoms with E-state index in [9.17, 15) is 12.8 Å². The van der Waals surface area contributed by atoms with Gasteiger partial charge in [0.2, 0.25) is 10.0 Å². The van der Waals surface area contributed by atoms with E-state index in [0.29, 0.717) is 0 Å². The van der Waals surface area contributed by atoms with Crippen LogP contribution < -0.4 is 5.73 Å². The molecule has 2 rings (SSSR count). The second-order valence-corrected chi connectivity index (χ2v) is 7.40. The van der Waals surface area contributed by atoms with E-state index in [0.717, 1.165) is 44.6 Å². The molecule has 0 aliphatic carbocycles. The largest absolute Gasteiger partial charge is 0.399 e. The number of hydrogen-bond acceptors (Lipinski definition) is 4. The number of nitrogen functional groups attached to an aromatic ring is 1. The maximum Gasteiger partial charge on any atom is 0.243 e. The summed E-state index contributed by atoms with van der Waals surface area (Å²) in [5, 5.41) is 0. The van der Waals surface area contributed by atoms with Gasteiger partial charge in [-0.25, -0.2) is 12.8 Å². The van der Waals surface area contributed by atoms with Gasteiger partial charge in [0.25, 0.3) is 0 Å². The third-order valence-corrected chi connectivity index (χ3v) is 5.98. The van der Waals surface area contributed by atoms with Gasteiger partial charge in [0.1, 0.15) is 5.82 Å². The minimum Gasteiger partial charge on any atom is -0.399 e. The molecule has 118 valence electrons. The second kappa shape index (κ2) is 6.29. The third kappa shape index (κ3) is 3.53. The minimum absolute atomic E-state index is 0.0534. The van der Waals surface area contributed by atoms with Gasteiger partial charge in [0.05, 0.1) is 4.90 Å². The molecule has 1 aromatic rings. The van der Waals surface area contributed by atoms with Crippen LogP contribution in [0.5, 0.6) is 0 Å². The zero-order valence-corrected chi connectivity index (χ0v) is 13.2. The average Bonchev–Trinajstić information content (AvgIpc) is 2.45. The van der Waals surface area contributed by atoms with Crippen LogP contribution in [0.4, 0.5) is 10.1 Å². The summed E-state index contributed by atoms with van der Waals surface area (Å²) in [5.74, 6) is -0.636. The summed E-state index contributed by atoms with van der Waals surface area (Å²) in [6.45, 7) is 4.83. The van der Waals surface area contributed by atoms with E-state index >= 15 is 0 Å². The lowest BCUT2D eigenvalue weighted by Crippen LogP contribution is -2.45. The Morgan fingerprint density at radius 3 is 2.48 bits per heavy atom. The second-order valence-electron chi connectivity index (χ2n) is 5.41. The van der Waals surface area contributed by atoms with Crippen molar-refractivity contribution in [3.63, 3.8) is 0 Å². The fourth-order valence-corrected chi connectivity index (χ4v) is 4.18. The number of anilines is 1. The lowest BCUT2D eigenvalue weighted by molar-refractivity contribution is 0.176. The Bertz CT molecular complexity index is 578. The highest BCUT2D eigenvalue weighted by atomic mass is 32.2. The molecule has 0 radical (unpaired) electrons. The highest BCUT2D eigenvalue weighted by Crippen LogP contribution is 2.24. The number of nitrogens with zero attached hydrogens (tertiary/aromatic N) is 2. The Morgan fingerprint density at radius 2 is 1.95 bits per heavy atom. The normalized spacial score (nSPS) is 18.3. The number of benzene rings is 1. The number of sulfonamides is 1. The first-order valence-corrected chi connectivity index (χ1v) is 8.55. The number of nitrogens with two attached hydrogens (primary N) is 1. The maximum atomic E-state index is 13.4. The predicted octanol–water partition coefficient (Wildman–Crippen LogP) is 1.51. The molecule has 1 fully saturated rings. The van der Waals surface area contributed by atoms with Crippen molar-refractivity contribution in [3.05, 3.63) is 24.0 Å². The Labute approximate surface area is 125 Å². The maximum absolute atomic E-state index is 13.4. The number of likely N-dealkylation sites (tertiary alicyclic amines) is 1. The summed E-state index contributed by atoms with van der Waals surface area (Å²) in [6, 6.07) is 3.38. The van der Waals surface area contributed by atoms with Crippen molar-refractivity contribution in [1.82, 2.24) is 9.21 Å². The Kier molecular flexibility index (Phi) is 4.85. The number of hydrogen-bond donors (Lipinski definition) is 1. The first-order valence-electron chi connectivity index (χ1n) is 7.11. The monoisotopic (exact) mass is 315 g/mol. The summed E-state index contributed by atoms with van der Waals surface area (Å²) in [7, 11) is -2.15. The van der Waals surface area contributed by atoms with Crippen LogP contribution in [0.2, 0.25) is 0 Å². The Morgan fingerprint density at radius 1 is 1.33 bits per heavy atom. The molecule has 0 unspecified atom stereocenters. The van der Waals surface area contributed by atoms with Crippen LogP contribution in [0.1, 0.15) is 19.8 Å². The topological polar surface area (TPSA) is 66.6 Å². The van der Waals surface area contributed by atoms with Crippen molar-refractivity contribution in [2.24, 2.45) is 0 Å². The van der Waals surface area contributed by atoms with Crippen molar-refractivity contribution < 1.29 is 12.8 Å². The smallest absolute Gasteiger partial charge is 0.243 e. The third-order valence-electron chi connectivity index (χ3n) is 4.09. The fraction of sp³-hybridized carbons (Fsp3) is 0.571. The van der Waals surface area contributed by atoms with Crippen LogP contribution in [-0.4, -0.2) is 50.3 Å². The molecule has 1 aliphatic rings. The van der Waals surface area contributed by atoms with Gasteiger partial charge in [-0.1, -0.05) is 6.92 Å². The van der Waals surface area contributed by atoms with Crippen LogP contribution in [0.15, 0.2) is 23.1 Å². The molecule has 0 atom stereocenters. The highest BCUT2D eigenvalue weighted by Gasteiger charge is 2.30. The molecule has 0 spiro atoms. The van der Waals surface area contributed by atoms with E-state index in [-0.39, 0.29) is 16.6 Å². The van der Waals surface area contributed by atoms with Crippen LogP contribution in [-0.2, 0) is 10.0 Å². The van der Waals surface area contributed by atoms with Gasteiger partial charge < -0.3 is 10.6 Å². The van der Waals surface area contributed by atoms with Gasteiger partial charge in [-0.05, 0) is 50.7 Å². The van der Waals surface area contributed by atoms with Gasteiger partial charge >= 0.3 is 0 Å². The minimum atomic E-state index is -3.71. The number of rotatable bonds is 4. The van der Waals surface area contributed by atoms with E-state index in [1.807, 2.05) is 0 Å². The van der Waals surface area contributed by atoms with Gasteiger partial charge in [0.15, 0.2) is 0 Å². The zero-order chi connectivity index (χ0) is 15.6. The van der Waals surface area contributed by atoms with E-state index in [2.05, 4.69) is 11.8 Å². The molecule has 0 bridgehead atoms. The van der Waals surface area contributed by atoms with Gasteiger partial charge in [0, 0.05) is 18.8 Å². The van der Waals surface area contributed by atoms with Crippen molar-refractivity contribution in [3.8, 4) is 0 Å². The summed E-state index contributed by atoms with van der Waals surface area (Å²) in [5.41, 5.74) is 5.65. The van der Waals surface area contributed by atoms with Crippen LogP contribution in [0.25, 0.3) is 0 Å². The molecule has 1 aliphatic heterocycles. The lowest BCUT2D eigenvalue weighted by atomic mass is 10.1. The molecule has 0 saturated carbocycles. The van der Waals surface area contributed by atoms with Crippen LogP contribution >= 0.6 is 0 Å². The molecule has 1 saturated heterocycles. The molecular weight excluding hydrogens is 293 g/mol. The van der Waals surface area contributed by atoms with E-state index in [1.54, 1.807) is 7.05 Å². The van der Waals surface area contributed by atoms with E-state index in [1.165, 1.54) is 10.4 Å². The van der Waals surface area contributed by atoms with Gasteiger partial charge in [-0.3, -0.25) is 0 Å². The lowest BCUT2D eigenvalue weighted by Gasteiger charge is -2.35. The standard InChI is InChI=1S/C14H22FN3O2S/c1-3-18-6-4-13(5-7-18)17(2)21(19,20)14-9-11(15)8-12(16)10-14/h8-10,13H,3-7,16H2,1-2H3. The quantitative estimate of drug-likeness (QED) is 0.855. The highest BCUT2D eigenvalue weighted by molar-refractivity contribution is 7.89. The van der Waals surface area contributed by atoms with Crippen molar-refractivity contribution in [2.75, 3.05) is 32.4 Å². The molecule has 7 heteroatoms. The molecular formula is C14H22FN3O2S. The average molecular weight is 315 g/mol. The molecule has 0 amide bonds. The molecule has 21 heavy (non-hydrogen) atoms. The molecule has 1 aromatic carbocycles. The van der Waals surface area contributed by atoms with Crippen molar-refractivity contribution in [1.29, 1.82) is 0 Å². The predicted molar refractivity (Wildman–Crippen MR) is 80.9 cm³/mol. The van der Waals surface area contributed by atoms with E-state index in [4.69, 9.17) is 5.73 Å². The number of halogens is 1. The van der Waals surface area contributed by atoms with Crippen LogP contribution in [0.3, 0.4) is 0 Å². The van der Waals surface area contributed by atoms with Gasteiger partial charge in [-0.15, -0.1) is 0 Å². The summed E-state index contributed by atoms with van der Waals surface area (Å²) < 4.78 is 39.9.